The summed E-state index contributed by atoms with van der Waals surface area (Å²) in [7, 11) is 0. The van der Waals surface area contributed by atoms with Gasteiger partial charge in [0.25, 0.3) is 0 Å². The minimum Gasteiger partial charge on any atom is -0.487 e. The molecule has 0 radical (unpaired) electrons. The van der Waals surface area contributed by atoms with E-state index in [1.54, 1.807) is 0 Å². The highest BCUT2D eigenvalue weighted by atomic mass is 19.1. The highest BCUT2D eigenvalue weighted by molar-refractivity contribution is 6.03. The number of hydrogen-bond acceptors (Lipinski definition) is 6. The Morgan fingerprint density at radius 2 is 2.03 bits per heavy atom. The number of carboxylic acids is 1. The van der Waals surface area contributed by atoms with Gasteiger partial charge in [-0.05, 0) is 30.9 Å². The summed E-state index contributed by atoms with van der Waals surface area (Å²) >= 11 is 0. The molecule has 0 unspecified atom stereocenters. The summed E-state index contributed by atoms with van der Waals surface area (Å²) in [5, 5.41) is 12.7. The standard InChI is InChI=1S/C26H27FN4O4/c27-19-20(28)18-22-24(21(19)29-10-12-30-11-7-15-5-1-2-6-17(15)30)35-14-26(8-3-4-9-26)31(22)13-16(23(18)32)25(33)34/h1-2,5-6,13,29H,3-4,7-12,14,28H2,(H,33,34). The minimum absolute atomic E-state index is 0.117. The number of benzene rings is 2. The molecule has 3 aliphatic rings. The predicted molar refractivity (Wildman–Crippen MR) is 132 cm³/mol. The van der Waals surface area contributed by atoms with E-state index in [4.69, 9.17) is 10.5 Å². The van der Waals surface area contributed by atoms with Gasteiger partial charge in [-0.25, -0.2) is 9.18 Å². The van der Waals surface area contributed by atoms with Crippen molar-refractivity contribution >= 4 is 33.9 Å². The van der Waals surface area contributed by atoms with Crippen molar-refractivity contribution in [2.45, 2.75) is 37.6 Å². The van der Waals surface area contributed by atoms with Crippen LogP contribution in [0.5, 0.6) is 5.75 Å². The number of carbonyl (C=O) groups is 1. The lowest BCUT2D eigenvalue weighted by Gasteiger charge is -2.39. The number of ether oxygens (including phenoxy) is 1. The van der Waals surface area contributed by atoms with Gasteiger partial charge in [0.2, 0.25) is 5.43 Å². The number of aromatic carboxylic acids is 1. The van der Waals surface area contributed by atoms with Gasteiger partial charge in [0.05, 0.1) is 22.1 Å². The Morgan fingerprint density at radius 3 is 2.80 bits per heavy atom. The number of nitrogen functional groups attached to an aromatic ring is 1. The Labute approximate surface area is 201 Å². The first kappa shape index (κ1) is 21.8. The van der Waals surface area contributed by atoms with Crippen LogP contribution in [0.15, 0.2) is 35.3 Å². The Balaban J connectivity index is 1.43. The van der Waals surface area contributed by atoms with Crippen molar-refractivity contribution in [3.05, 3.63) is 57.6 Å². The first-order valence-corrected chi connectivity index (χ1v) is 12.0. The lowest BCUT2D eigenvalue weighted by Crippen LogP contribution is -2.42. The molecule has 1 aromatic heterocycles. The third kappa shape index (κ3) is 3.17. The van der Waals surface area contributed by atoms with Crippen molar-refractivity contribution in [3.63, 3.8) is 0 Å². The van der Waals surface area contributed by atoms with Crippen LogP contribution >= 0.6 is 0 Å². The van der Waals surface area contributed by atoms with E-state index in [1.165, 1.54) is 17.4 Å². The van der Waals surface area contributed by atoms with Crippen LogP contribution in [0.25, 0.3) is 10.9 Å². The topological polar surface area (TPSA) is 110 Å². The molecule has 3 aromatic rings. The van der Waals surface area contributed by atoms with E-state index in [0.29, 0.717) is 18.6 Å². The minimum atomic E-state index is -1.35. The van der Waals surface area contributed by atoms with Crippen molar-refractivity contribution in [2.75, 3.05) is 42.2 Å². The molecule has 6 rings (SSSR count). The smallest absolute Gasteiger partial charge is 0.341 e. The molecule has 0 saturated heterocycles. The number of pyridine rings is 1. The first-order valence-electron chi connectivity index (χ1n) is 12.0. The molecule has 1 aliphatic carbocycles. The molecule has 3 heterocycles. The number of aromatic nitrogens is 1. The van der Waals surface area contributed by atoms with Crippen LogP contribution in [0.2, 0.25) is 0 Å². The number of para-hydroxylation sites is 1. The fraction of sp³-hybridized carbons (Fsp3) is 0.385. The van der Waals surface area contributed by atoms with E-state index in [9.17, 15) is 14.7 Å². The quantitative estimate of drug-likeness (QED) is 0.481. The van der Waals surface area contributed by atoms with Crippen molar-refractivity contribution in [1.29, 1.82) is 0 Å². The van der Waals surface area contributed by atoms with Gasteiger partial charge in [0.15, 0.2) is 11.6 Å². The summed E-state index contributed by atoms with van der Waals surface area (Å²) in [5.41, 5.74) is 7.12. The molecule has 2 aromatic carbocycles. The van der Waals surface area contributed by atoms with Crippen molar-refractivity contribution in [3.8, 4) is 5.75 Å². The molecule has 1 fully saturated rings. The second kappa shape index (κ2) is 7.90. The maximum absolute atomic E-state index is 15.6. The Bertz CT molecular complexity index is 1430. The van der Waals surface area contributed by atoms with Crippen LogP contribution in [-0.4, -0.2) is 41.9 Å². The van der Waals surface area contributed by atoms with Crippen LogP contribution in [0, 0.1) is 5.82 Å². The van der Waals surface area contributed by atoms with E-state index in [-0.39, 0.29) is 29.1 Å². The number of halogens is 1. The van der Waals surface area contributed by atoms with Gasteiger partial charge in [-0.15, -0.1) is 0 Å². The lowest BCUT2D eigenvalue weighted by molar-refractivity contribution is 0.0692. The molecule has 0 amide bonds. The van der Waals surface area contributed by atoms with Gasteiger partial charge in [-0.1, -0.05) is 31.0 Å². The number of rotatable bonds is 5. The molecule has 0 bridgehead atoms. The molecule has 35 heavy (non-hydrogen) atoms. The van der Waals surface area contributed by atoms with Crippen molar-refractivity contribution < 1.29 is 19.0 Å². The molecule has 2 aliphatic heterocycles. The predicted octanol–water partition coefficient (Wildman–Crippen LogP) is 3.56. The Kier molecular flexibility index (Phi) is 4.91. The third-order valence-corrected chi connectivity index (χ3v) is 7.80. The molecule has 9 heteroatoms. The van der Waals surface area contributed by atoms with E-state index >= 15 is 4.39 Å². The van der Waals surface area contributed by atoms with E-state index in [2.05, 4.69) is 22.3 Å². The molecule has 1 saturated carbocycles. The second-order valence-corrected chi connectivity index (χ2v) is 9.72. The number of fused-ring (bicyclic) bond motifs is 2. The van der Waals surface area contributed by atoms with E-state index < -0.39 is 28.3 Å². The van der Waals surface area contributed by atoms with Gasteiger partial charge >= 0.3 is 5.97 Å². The van der Waals surface area contributed by atoms with Crippen molar-refractivity contribution in [1.82, 2.24) is 4.57 Å². The summed E-state index contributed by atoms with van der Waals surface area (Å²) in [6.45, 7) is 2.28. The normalized spacial score (nSPS) is 17.6. The number of nitrogens with one attached hydrogen (secondary N) is 1. The summed E-state index contributed by atoms with van der Waals surface area (Å²) in [6.07, 6.45) is 5.88. The largest absolute Gasteiger partial charge is 0.487 e. The van der Waals surface area contributed by atoms with Gasteiger partial charge < -0.3 is 30.4 Å². The number of hydrogen-bond donors (Lipinski definition) is 3. The van der Waals surface area contributed by atoms with E-state index in [0.717, 1.165) is 38.6 Å². The summed E-state index contributed by atoms with van der Waals surface area (Å²) in [6, 6.07) is 8.25. The van der Waals surface area contributed by atoms with Crippen molar-refractivity contribution in [2.24, 2.45) is 0 Å². The third-order valence-electron chi connectivity index (χ3n) is 7.80. The Hall–Kier alpha value is -3.75. The fourth-order valence-corrected chi connectivity index (χ4v) is 6.02. The maximum Gasteiger partial charge on any atom is 0.341 e. The van der Waals surface area contributed by atoms with Crippen LogP contribution in [0.4, 0.5) is 21.5 Å². The average Bonchev–Trinajstić information content (AvgIpc) is 3.49. The molecule has 1 spiro atoms. The number of anilines is 3. The zero-order chi connectivity index (χ0) is 24.3. The first-order chi connectivity index (χ1) is 16.9. The molecule has 8 nitrogen and oxygen atoms in total. The average molecular weight is 479 g/mol. The molecular weight excluding hydrogens is 451 g/mol. The SMILES string of the molecule is Nc1c(F)c(NCCN2CCc3ccccc32)c2c3c1c(=O)c(C(=O)O)cn3C1(CCCC1)CO2. The number of nitrogens with zero attached hydrogens (tertiary/aromatic N) is 2. The monoisotopic (exact) mass is 478 g/mol. The summed E-state index contributed by atoms with van der Waals surface area (Å²) in [4.78, 5) is 27.2. The second-order valence-electron chi connectivity index (χ2n) is 9.72. The molecule has 4 N–H and O–H groups in total. The zero-order valence-corrected chi connectivity index (χ0v) is 19.3. The summed E-state index contributed by atoms with van der Waals surface area (Å²) < 4.78 is 23.6. The Morgan fingerprint density at radius 1 is 1.26 bits per heavy atom. The van der Waals surface area contributed by atoms with Crippen LogP contribution < -0.4 is 26.1 Å². The van der Waals surface area contributed by atoms with Gasteiger partial charge in [0, 0.05) is 31.5 Å². The number of nitrogens with two attached hydrogens (primary N) is 1. The lowest BCUT2D eigenvalue weighted by atomic mass is 9.93. The molecule has 0 atom stereocenters. The highest BCUT2D eigenvalue weighted by Gasteiger charge is 2.43. The maximum atomic E-state index is 15.6. The fourth-order valence-electron chi connectivity index (χ4n) is 6.02. The van der Waals surface area contributed by atoms with Gasteiger partial charge in [-0.3, -0.25) is 4.79 Å². The highest BCUT2D eigenvalue weighted by Crippen LogP contribution is 2.48. The molecule has 182 valence electrons. The van der Waals surface area contributed by atoms with Crippen LogP contribution in [0.1, 0.15) is 41.6 Å². The summed E-state index contributed by atoms with van der Waals surface area (Å²) in [5.74, 6) is -1.92. The zero-order valence-electron chi connectivity index (χ0n) is 19.3. The van der Waals surface area contributed by atoms with Crippen LogP contribution in [0.3, 0.4) is 0 Å². The number of carboxylic acid groups (broad SMARTS) is 1. The molecular formula is C26H27FN4O4. The van der Waals surface area contributed by atoms with Crippen LogP contribution in [-0.2, 0) is 12.0 Å². The van der Waals surface area contributed by atoms with E-state index in [1.807, 2.05) is 16.7 Å². The van der Waals surface area contributed by atoms with Gasteiger partial charge in [-0.2, -0.15) is 0 Å². The van der Waals surface area contributed by atoms with Gasteiger partial charge in [0.1, 0.15) is 17.9 Å².